The monoisotopic (exact) mass is 321 g/mol. The third-order valence-electron chi connectivity index (χ3n) is 4.07. The molecule has 2 saturated heterocycles. The lowest BCUT2D eigenvalue weighted by atomic mass is 10.1. The lowest BCUT2D eigenvalue weighted by Crippen LogP contribution is -2.53. The van der Waals surface area contributed by atoms with Gasteiger partial charge in [-0.1, -0.05) is 0 Å². The summed E-state index contributed by atoms with van der Waals surface area (Å²) in [5, 5.41) is 2.04. The Morgan fingerprint density at radius 2 is 2.27 bits per heavy atom. The smallest absolute Gasteiger partial charge is 0.226 e. The summed E-state index contributed by atoms with van der Waals surface area (Å²) in [6.07, 6.45) is 1.86. The standard InChI is InChI=1S/C15H19N3O3S/c1-15(2)20-9-12(21-15)11-8-19-5-4-18(11)14-16-7-13-10(17-14)3-6-22-13/h3,6-7,11-12H,4-5,8-9H2,1-2H3/t11-,12+/m1/s1. The molecule has 0 amide bonds. The Morgan fingerprint density at radius 1 is 1.36 bits per heavy atom. The van der Waals surface area contributed by atoms with Gasteiger partial charge in [-0.25, -0.2) is 9.97 Å². The topological polar surface area (TPSA) is 56.7 Å². The zero-order valence-corrected chi connectivity index (χ0v) is 13.5. The number of fused-ring (bicyclic) bond motifs is 1. The van der Waals surface area contributed by atoms with Crippen molar-refractivity contribution in [2.45, 2.75) is 31.8 Å². The average Bonchev–Trinajstić information content (AvgIpc) is 3.12. The van der Waals surface area contributed by atoms with Crippen molar-refractivity contribution in [2.75, 3.05) is 31.3 Å². The number of hydrogen-bond acceptors (Lipinski definition) is 7. The van der Waals surface area contributed by atoms with E-state index in [1.54, 1.807) is 11.3 Å². The van der Waals surface area contributed by atoms with Gasteiger partial charge in [0.05, 0.1) is 42.3 Å². The van der Waals surface area contributed by atoms with Crippen LogP contribution in [0.2, 0.25) is 0 Å². The summed E-state index contributed by atoms with van der Waals surface area (Å²) in [5.74, 6) is 0.207. The molecule has 2 aromatic heterocycles. The van der Waals surface area contributed by atoms with Gasteiger partial charge in [0.25, 0.3) is 0 Å². The molecule has 22 heavy (non-hydrogen) atoms. The Morgan fingerprint density at radius 3 is 3.09 bits per heavy atom. The first-order valence-corrected chi connectivity index (χ1v) is 8.37. The number of thiophene rings is 1. The van der Waals surface area contributed by atoms with Crippen LogP contribution in [0.5, 0.6) is 0 Å². The quantitative estimate of drug-likeness (QED) is 0.844. The number of ether oxygens (including phenoxy) is 3. The first-order chi connectivity index (χ1) is 10.6. The molecule has 0 aromatic carbocycles. The van der Waals surface area contributed by atoms with E-state index in [4.69, 9.17) is 19.2 Å². The molecular formula is C15H19N3O3S. The molecule has 118 valence electrons. The van der Waals surface area contributed by atoms with Crippen molar-refractivity contribution in [2.24, 2.45) is 0 Å². The highest BCUT2D eigenvalue weighted by Crippen LogP contribution is 2.29. The zero-order chi connectivity index (χ0) is 15.2. The van der Waals surface area contributed by atoms with Gasteiger partial charge >= 0.3 is 0 Å². The van der Waals surface area contributed by atoms with Crippen molar-refractivity contribution in [1.82, 2.24) is 9.97 Å². The first-order valence-electron chi connectivity index (χ1n) is 7.49. The van der Waals surface area contributed by atoms with E-state index >= 15 is 0 Å². The van der Waals surface area contributed by atoms with E-state index < -0.39 is 5.79 Å². The number of aromatic nitrogens is 2. The number of hydrogen-bond donors (Lipinski definition) is 0. The highest BCUT2D eigenvalue weighted by atomic mass is 32.1. The predicted molar refractivity (Wildman–Crippen MR) is 84.3 cm³/mol. The lowest BCUT2D eigenvalue weighted by molar-refractivity contribution is -0.143. The fourth-order valence-corrected chi connectivity index (χ4v) is 3.67. The van der Waals surface area contributed by atoms with Gasteiger partial charge in [-0.05, 0) is 25.3 Å². The van der Waals surface area contributed by atoms with Crippen LogP contribution in [0.4, 0.5) is 5.95 Å². The minimum Gasteiger partial charge on any atom is -0.377 e. The van der Waals surface area contributed by atoms with Crippen molar-refractivity contribution in [3.05, 3.63) is 17.6 Å². The molecule has 6 nitrogen and oxygen atoms in total. The van der Waals surface area contributed by atoms with Crippen LogP contribution in [0.1, 0.15) is 13.8 Å². The number of anilines is 1. The molecule has 0 saturated carbocycles. The third-order valence-corrected chi connectivity index (χ3v) is 4.91. The molecular weight excluding hydrogens is 302 g/mol. The fraction of sp³-hybridized carbons (Fsp3) is 0.600. The third kappa shape index (κ3) is 2.58. The lowest BCUT2D eigenvalue weighted by Gasteiger charge is -2.38. The molecule has 2 aliphatic heterocycles. The van der Waals surface area contributed by atoms with Crippen molar-refractivity contribution >= 4 is 27.5 Å². The van der Waals surface area contributed by atoms with Crippen molar-refractivity contribution in [3.63, 3.8) is 0 Å². The van der Waals surface area contributed by atoms with Crippen LogP contribution < -0.4 is 4.90 Å². The van der Waals surface area contributed by atoms with Crippen LogP contribution >= 0.6 is 11.3 Å². The maximum Gasteiger partial charge on any atom is 0.226 e. The second-order valence-corrected chi connectivity index (χ2v) is 6.99. The first kappa shape index (κ1) is 14.3. The van der Waals surface area contributed by atoms with Crippen LogP contribution in [0.25, 0.3) is 10.2 Å². The molecule has 2 aliphatic rings. The minimum absolute atomic E-state index is 0.0305. The highest BCUT2D eigenvalue weighted by Gasteiger charge is 2.41. The molecule has 7 heteroatoms. The van der Waals surface area contributed by atoms with E-state index in [1.165, 1.54) is 0 Å². The zero-order valence-electron chi connectivity index (χ0n) is 12.7. The molecule has 2 fully saturated rings. The number of rotatable bonds is 2. The maximum atomic E-state index is 6.02. The molecule has 2 aromatic rings. The summed E-state index contributed by atoms with van der Waals surface area (Å²) in [6, 6.07) is 2.10. The molecule has 0 spiro atoms. The van der Waals surface area contributed by atoms with E-state index in [1.807, 2.05) is 31.5 Å². The minimum atomic E-state index is -0.536. The Labute approximate surface area is 133 Å². The molecule has 0 N–H and O–H groups in total. The van der Waals surface area contributed by atoms with Crippen LogP contribution in [0, 0.1) is 0 Å². The van der Waals surface area contributed by atoms with E-state index in [-0.39, 0.29) is 12.1 Å². The Balaban J connectivity index is 1.62. The normalized spacial score (nSPS) is 28.4. The van der Waals surface area contributed by atoms with E-state index in [9.17, 15) is 0 Å². The fourth-order valence-electron chi connectivity index (χ4n) is 2.98. The van der Waals surface area contributed by atoms with Gasteiger partial charge in [-0.3, -0.25) is 0 Å². The molecule has 4 heterocycles. The predicted octanol–water partition coefficient (Wildman–Crippen LogP) is 2.05. The molecule has 4 rings (SSSR count). The van der Waals surface area contributed by atoms with Crippen LogP contribution in [0.3, 0.4) is 0 Å². The Hall–Kier alpha value is -1.28. The van der Waals surface area contributed by atoms with Gasteiger partial charge in [0.2, 0.25) is 5.95 Å². The van der Waals surface area contributed by atoms with Crippen molar-refractivity contribution in [1.29, 1.82) is 0 Å². The summed E-state index contributed by atoms with van der Waals surface area (Å²) < 4.78 is 18.5. The van der Waals surface area contributed by atoms with Crippen LogP contribution in [-0.4, -0.2) is 54.3 Å². The summed E-state index contributed by atoms with van der Waals surface area (Å²) in [6.45, 7) is 6.50. The van der Waals surface area contributed by atoms with Gasteiger partial charge < -0.3 is 19.1 Å². The SMILES string of the molecule is CC1(C)OC[C@@H]([C@H]2COCCN2c2ncc3sccc3n2)O1. The van der Waals surface area contributed by atoms with Crippen LogP contribution in [-0.2, 0) is 14.2 Å². The van der Waals surface area contributed by atoms with Gasteiger partial charge in [0, 0.05) is 6.54 Å². The summed E-state index contributed by atoms with van der Waals surface area (Å²) in [7, 11) is 0. The largest absolute Gasteiger partial charge is 0.377 e. The van der Waals surface area contributed by atoms with E-state index in [0.29, 0.717) is 19.8 Å². The summed E-state index contributed by atoms with van der Waals surface area (Å²) in [4.78, 5) is 11.4. The van der Waals surface area contributed by atoms with Gasteiger partial charge in [0.15, 0.2) is 5.79 Å². The molecule has 0 bridgehead atoms. The van der Waals surface area contributed by atoms with Crippen molar-refractivity contribution < 1.29 is 14.2 Å². The van der Waals surface area contributed by atoms with Gasteiger partial charge in [0.1, 0.15) is 6.10 Å². The second kappa shape index (κ2) is 5.42. The Kier molecular flexibility index (Phi) is 3.53. The molecule has 2 atom stereocenters. The van der Waals surface area contributed by atoms with Gasteiger partial charge in [-0.2, -0.15) is 0 Å². The number of nitrogens with zero attached hydrogens (tertiary/aromatic N) is 3. The second-order valence-electron chi connectivity index (χ2n) is 6.04. The summed E-state index contributed by atoms with van der Waals surface area (Å²) >= 11 is 1.66. The van der Waals surface area contributed by atoms with E-state index in [2.05, 4.69) is 9.88 Å². The summed E-state index contributed by atoms with van der Waals surface area (Å²) in [5.41, 5.74) is 0.990. The molecule has 0 aliphatic carbocycles. The highest BCUT2D eigenvalue weighted by molar-refractivity contribution is 7.17. The van der Waals surface area contributed by atoms with E-state index in [0.717, 1.165) is 22.7 Å². The number of morpholine rings is 1. The molecule has 0 radical (unpaired) electrons. The average molecular weight is 321 g/mol. The maximum absolute atomic E-state index is 6.02. The van der Waals surface area contributed by atoms with Crippen LogP contribution in [0.15, 0.2) is 17.6 Å². The Bertz CT molecular complexity index is 675. The van der Waals surface area contributed by atoms with Gasteiger partial charge in [-0.15, -0.1) is 11.3 Å². The van der Waals surface area contributed by atoms with Crippen molar-refractivity contribution in [3.8, 4) is 0 Å². The molecule has 0 unspecified atom stereocenters.